The van der Waals surface area contributed by atoms with Crippen LogP contribution < -0.4 is 10.6 Å². The molecule has 2 heterocycles. The summed E-state index contributed by atoms with van der Waals surface area (Å²) in [5.41, 5.74) is 0.728. The second-order valence-electron chi connectivity index (χ2n) is 3.76. The quantitative estimate of drug-likeness (QED) is 0.652. The van der Waals surface area contributed by atoms with E-state index >= 15 is 0 Å². The van der Waals surface area contributed by atoms with Gasteiger partial charge < -0.3 is 5.32 Å². The van der Waals surface area contributed by atoms with Crippen LogP contribution in [0.1, 0.15) is 5.69 Å². The van der Waals surface area contributed by atoms with E-state index in [0.717, 1.165) is 5.69 Å². The van der Waals surface area contributed by atoms with Gasteiger partial charge in [-0.25, -0.2) is 4.98 Å². The van der Waals surface area contributed by atoms with Crippen molar-refractivity contribution in [3.8, 4) is 0 Å². The molecule has 17 heavy (non-hydrogen) atoms. The van der Waals surface area contributed by atoms with Gasteiger partial charge in [-0.15, -0.1) is 0 Å². The van der Waals surface area contributed by atoms with Gasteiger partial charge >= 0.3 is 0 Å². The Kier molecular flexibility index (Phi) is 3.29. The first-order chi connectivity index (χ1) is 8.17. The molecular weight excluding hydrogens is 222 g/mol. The van der Waals surface area contributed by atoms with Crippen LogP contribution in [0.15, 0.2) is 12.4 Å². The molecule has 7 nitrogen and oxygen atoms in total. The van der Waals surface area contributed by atoms with Crippen molar-refractivity contribution in [1.82, 2.24) is 20.2 Å². The Hall–Kier alpha value is -2.02. The van der Waals surface area contributed by atoms with E-state index in [4.69, 9.17) is 0 Å². The fourth-order valence-corrected chi connectivity index (χ4v) is 1.60. The Morgan fingerprint density at radius 3 is 2.53 bits per heavy atom. The number of rotatable bonds is 3. The summed E-state index contributed by atoms with van der Waals surface area (Å²) >= 11 is 0. The third-order valence-corrected chi connectivity index (χ3v) is 2.36. The van der Waals surface area contributed by atoms with Gasteiger partial charge in [0.2, 0.25) is 11.8 Å². The maximum absolute atomic E-state index is 11.2. The molecule has 2 N–H and O–H groups in total. The number of carbonyl (C=O) groups is 2. The van der Waals surface area contributed by atoms with Gasteiger partial charge in [0.25, 0.3) is 0 Å². The van der Waals surface area contributed by atoms with Gasteiger partial charge in [0, 0.05) is 13.6 Å². The van der Waals surface area contributed by atoms with Crippen LogP contribution in [-0.4, -0.2) is 46.8 Å². The zero-order valence-corrected chi connectivity index (χ0v) is 9.43. The summed E-state index contributed by atoms with van der Waals surface area (Å²) in [6.45, 7) is 0.860. The standard InChI is InChI=1S/C10H13N5O2/c1-11-8-3-12-7(2-13-8)4-15-5-9(16)14-10(17)6-15/h2-3H,4-6H2,1H3,(H,11,13)(H,14,16,17). The zero-order chi connectivity index (χ0) is 12.3. The lowest BCUT2D eigenvalue weighted by atomic mass is 10.3. The second-order valence-corrected chi connectivity index (χ2v) is 3.76. The molecule has 1 aromatic heterocycles. The summed E-state index contributed by atoms with van der Waals surface area (Å²) in [6.07, 6.45) is 3.24. The van der Waals surface area contributed by atoms with E-state index < -0.39 is 0 Å². The van der Waals surface area contributed by atoms with Crippen molar-refractivity contribution in [3.05, 3.63) is 18.1 Å². The largest absolute Gasteiger partial charge is 0.372 e. The summed E-state index contributed by atoms with van der Waals surface area (Å²) in [7, 11) is 1.76. The highest BCUT2D eigenvalue weighted by atomic mass is 16.2. The Morgan fingerprint density at radius 1 is 1.29 bits per heavy atom. The first-order valence-electron chi connectivity index (χ1n) is 5.21. The van der Waals surface area contributed by atoms with Crippen molar-refractivity contribution >= 4 is 17.6 Å². The molecule has 1 aromatic rings. The maximum atomic E-state index is 11.2. The highest BCUT2D eigenvalue weighted by molar-refractivity contribution is 5.99. The number of aromatic nitrogens is 2. The van der Waals surface area contributed by atoms with E-state index in [1.165, 1.54) is 0 Å². The van der Waals surface area contributed by atoms with Crippen molar-refractivity contribution in [2.45, 2.75) is 6.54 Å². The number of anilines is 1. The molecule has 0 aliphatic carbocycles. The number of nitrogens with one attached hydrogen (secondary N) is 2. The van der Waals surface area contributed by atoms with Gasteiger partial charge in [-0.1, -0.05) is 0 Å². The molecule has 1 aliphatic heterocycles. The average molecular weight is 235 g/mol. The van der Waals surface area contributed by atoms with E-state index in [0.29, 0.717) is 12.4 Å². The molecule has 2 rings (SSSR count). The fourth-order valence-electron chi connectivity index (χ4n) is 1.60. The van der Waals surface area contributed by atoms with Crippen LogP contribution >= 0.6 is 0 Å². The topological polar surface area (TPSA) is 87.2 Å². The zero-order valence-electron chi connectivity index (χ0n) is 9.43. The van der Waals surface area contributed by atoms with E-state index in [9.17, 15) is 9.59 Å². The molecule has 1 fully saturated rings. The summed E-state index contributed by atoms with van der Waals surface area (Å²) < 4.78 is 0. The van der Waals surface area contributed by atoms with Gasteiger partial charge in [-0.05, 0) is 0 Å². The normalized spacial score (nSPS) is 16.8. The molecule has 7 heteroatoms. The highest BCUT2D eigenvalue weighted by Gasteiger charge is 2.22. The number of hydrogen-bond acceptors (Lipinski definition) is 6. The number of hydrogen-bond donors (Lipinski definition) is 2. The van der Waals surface area contributed by atoms with E-state index in [2.05, 4.69) is 20.6 Å². The molecule has 0 spiro atoms. The molecular formula is C10H13N5O2. The molecule has 0 aromatic carbocycles. The monoisotopic (exact) mass is 235 g/mol. The van der Waals surface area contributed by atoms with Crippen LogP contribution in [0.2, 0.25) is 0 Å². The van der Waals surface area contributed by atoms with E-state index in [-0.39, 0.29) is 24.9 Å². The predicted molar refractivity (Wildman–Crippen MR) is 60.0 cm³/mol. The second kappa shape index (κ2) is 4.88. The lowest BCUT2D eigenvalue weighted by molar-refractivity contribution is -0.136. The van der Waals surface area contributed by atoms with Crippen LogP contribution in [0.5, 0.6) is 0 Å². The van der Waals surface area contributed by atoms with Gasteiger partial charge in [0.05, 0.1) is 31.2 Å². The molecule has 0 saturated carbocycles. The molecule has 1 aliphatic rings. The minimum Gasteiger partial charge on any atom is -0.372 e. The Balaban J connectivity index is 1.99. The predicted octanol–water partition coefficient (Wildman–Crippen LogP) is -1.02. The van der Waals surface area contributed by atoms with Crippen LogP contribution in [0.4, 0.5) is 5.82 Å². The molecule has 0 radical (unpaired) electrons. The van der Waals surface area contributed by atoms with Crippen LogP contribution in [0, 0.1) is 0 Å². The molecule has 2 amide bonds. The number of nitrogens with zero attached hydrogens (tertiary/aromatic N) is 3. The Morgan fingerprint density at radius 2 is 2.00 bits per heavy atom. The van der Waals surface area contributed by atoms with E-state index in [1.54, 1.807) is 24.3 Å². The molecule has 0 unspecified atom stereocenters. The average Bonchev–Trinajstić information content (AvgIpc) is 2.28. The lowest BCUT2D eigenvalue weighted by Gasteiger charge is -2.24. The van der Waals surface area contributed by atoms with Gasteiger partial charge in [-0.3, -0.25) is 24.8 Å². The third kappa shape index (κ3) is 2.97. The Bertz CT molecular complexity index is 415. The molecule has 90 valence electrons. The van der Waals surface area contributed by atoms with Crippen molar-refractivity contribution in [1.29, 1.82) is 0 Å². The van der Waals surface area contributed by atoms with Crippen LogP contribution in [0.3, 0.4) is 0 Å². The smallest absolute Gasteiger partial charge is 0.240 e. The fraction of sp³-hybridized carbons (Fsp3) is 0.400. The van der Waals surface area contributed by atoms with Crippen molar-refractivity contribution < 1.29 is 9.59 Å². The SMILES string of the molecule is CNc1cnc(CN2CC(=O)NC(=O)C2)cn1. The number of amides is 2. The molecule has 0 atom stereocenters. The first kappa shape index (κ1) is 11.5. The number of piperazine rings is 1. The summed E-state index contributed by atoms with van der Waals surface area (Å²) in [5, 5.41) is 5.11. The van der Waals surface area contributed by atoms with Gasteiger partial charge in [-0.2, -0.15) is 0 Å². The maximum Gasteiger partial charge on any atom is 0.240 e. The van der Waals surface area contributed by atoms with Crippen molar-refractivity contribution in [2.24, 2.45) is 0 Å². The van der Waals surface area contributed by atoms with Gasteiger partial charge in [0.15, 0.2) is 0 Å². The minimum atomic E-state index is -0.277. The van der Waals surface area contributed by atoms with Crippen LogP contribution in [-0.2, 0) is 16.1 Å². The lowest BCUT2D eigenvalue weighted by Crippen LogP contribution is -2.50. The van der Waals surface area contributed by atoms with Gasteiger partial charge in [0.1, 0.15) is 5.82 Å². The summed E-state index contributed by atoms with van der Waals surface area (Å²) in [4.78, 5) is 32.3. The first-order valence-corrected chi connectivity index (χ1v) is 5.21. The minimum absolute atomic E-state index is 0.210. The number of imide groups is 1. The summed E-state index contributed by atoms with van der Waals surface area (Å²) in [6, 6.07) is 0. The van der Waals surface area contributed by atoms with Crippen molar-refractivity contribution in [2.75, 3.05) is 25.5 Å². The molecule has 0 bridgehead atoms. The highest BCUT2D eigenvalue weighted by Crippen LogP contribution is 2.04. The van der Waals surface area contributed by atoms with E-state index in [1.807, 2.05) is 0 Å². The van der Waals surface area contributed by atoms with Crippen molar-refractivity contribution in [3.63, 3.8) is 0 Å². The Labute approximate surface area is 98.2 Å². The number of carbonyl (C=O) groups excluding carboxylic acids is 2. The third-order valence-electron chi connectivity index (χ3n) is 2.36. The van der Waals surface area contributed by atoms with Crippen LogP contribution in [0.25, 0.3) is 0 Å². The summed E-state index contributed by atoms with van der Waals surface area (Å²) in [5.74, 6) is 0.128. The molecule has 1 saturated heterocycles.